The van der Waals surface area contributed by atoms with Gasteiger partial charge in [-0.25, -0.2) is 0 Å². The van der Waals surface area contributed by atoms with Crippen molar-refractivity contribution in [1.82, 2.24) is 0 Å². The second-order valence-electron chi connectivity index (χ2n) is 4.71. The minimum Gasteiger partial charge on any atom is -0.0654 e. The van der Waals surface area contributed by atoms with Crippen molar-refractivity contribution in [3.63, 3.8) is 0 Å². The van der Waals surface area contributed by atoms with Crippen LogP contribution in [0.4, 0.5) is 0 Å². The molecular formula is C13H26. The lowest BCUT2D eigenvalue weighted by molar-refractivity contribution is 0.239. The molecule has 0 aromatic heterocycles. The third kappa shape index (κ3) is 3.70. The van der Waals surface area contributed by atoms with Crippen molar-refractivity contribution >= 4 is 0 Å². The smallest absolute Gasteiger partial charge is 0.0386 e. The highest BCUT2D eigenvalue weighted by Crippen LogP contribution is 2.32. The standard InChI is InChI=1S/C13H26/c1-3-9-13-11-8-6-5-7-10-12(13)4-2/h12-13H,3-11H2,1-2H3. The minimum atomic E-state index is 1.06. The van der Waals surface area contributed by atoms with Gasteiger partial charge in [-0.1, -0.05) is 71.6 Å². The van der Waals surface area contributed by atoms with E-state index in [2.05, 4.69) is 13.8 Å². The Morgan fingerprint density at radius 1 is 0.846 bits per heavy atom. The number of rotatable bonds is 3. The summed E-state index contributed by atoms with van der Waals surface area (Å²) in [5.41, 5.74) is 0. The first kappa shape index (κ1) is 11.1. The highest BCUT2D eigenvalue weighted by molar-refractivity contribution is 4.71. The molecule has 0 radical (unpaired) electrons. The molecule has 13 heavy (non-hydrogen) atoms. The van der Waals surface area contributed by atoms with Gasteiger partial charge in [-0.05, 0) is 11.8 Å². The van der Waals surface area contributed by atoms with Gasteiger partial charge in [-0.2, -0.15) is 0 Å². The van der Waals surface area contributed by atoms with E-state index in [1.54, 1.807) is 0 Å². The molecule has 0 heteroatoms. The fourth-order valence-corrected chi connectivity index (χ4v) is 2.93. The van der Waals surface area contributed by atoms with Gasteiger partial charge in [0.15, 0.2) is 0 Å². The molecule has 1 rings (SSSR count). The maximum absolute atomic E-state index is 2.38. The summed E-state index contributed by atoms with van der Waals surface area (Å²) in [6.07, 6.45) is 13.3. The van der Waals surface area contributed by atoms with E-state index in [1.807, 2.05) is 0 Å². The Hall–Kier alpha value is 0. The predicted molar refractivity (Wildman–Crippen MR) is 59.9 cm³/mol. The molecule has 1 saturated carbocycles. The van der Waals surface area contributed by atoms with Crippen molar-refractivity contribution in [3.05, 3.63) is 0 Å². The summed E-state index contributed by atoms with van der Waals surface area (Å²) >= 11 is 0. The van der Waals surface area contributed by atoms with E-state index in [1.165, 1.54) is 57.8 Å². The summed E-state index contributed by atoms with van der Waals surface area (Å²) in [5, 5.41) is 0. The lowest BCUT2D eigenvalue weighted by Gasteiger charge is -2.28. The predicted octanol–water partition coefficient (Wildman–Crippen LogP) is 4.78. The second-order valence-corrected chi connectivity index (χ2v) is 4.71. The first-order valence-corrected chi connectivity index (χ1v) is 6.38. The lowest BCUT2D eigenvalue weighted by Crippen LogP contribution is -2.16. The monoisotopic (exact) mass is 182 g/mol. The van der Waals surface area contributed by atoms with Gasteiger partial charge in [-0.3, -0.25) is 0 Å². The molecule has 0 aromatic carbocycles. The Balaban J connectivity index is 2.40. The zero-order chi connectivity index (χ0) is 9.52. The lowest BCUT2D eigenvalue weighted by atomic mass is 9.78. The van der Waals surface area contributed by atoms with Crippen LogP contribution >= 0.6 is 0 Å². The molecule has 1 fully saturated rings. The van der Waals surface area contributed by atoms with Gasteiger partial charge >= 0.3 is 0 Å². The zero-order valence-electron chi connectivity index (χ0n) is 9.52. The molecule has 78 valence electrons. The molecule has 0 N–H and O–H groups in total. The molecule has 2 unspecified atom stereocenters. The summed E-state index contributed by atoms with van der Waals surface area (Å²) in [6.45, 7) is 4.72. The maximum atomic E-state index is 2.38. The molecular weight excluding hydrogens is 156 g/mol. The average molecular weight is 182 g/mol. The van der Waals surface area contributed by atoms with Gasteiger partial charge in [0.2, 0.25) is 0 Å². The Kier molecular flexibility index (Phi) is 5.50. The Labute approximate surface area is 84.1 Å². The van der Waals surface area contributed by atoms with Gasteiger partial charge < -0.3 is 0 Å². The molecule has 1 aliphatic carbocycles. The molecule has 0 aliphatic heterocycles. The van der Waals surface area contributed by atoms with Crippen LogP contribution in [0.1, 0.15) is 71.6 Å². The minimum absolute atomic E-state index is 1.06. The fourth-order valence-electron chi connectivity index (χ4n) is 2.93. The second kappa shape index (κ2) is 6.45. The Morgan fingerprint density at radius 3 is 2.00 bits per heavy atom. The van der Waals surface area contributed by atoms with Crippen molar-refractivity contribution in [2.75, 3.05) is 0 Å². The number of hydrogen-bond donors (Lipinski definition) is 0. The van der Waals surface area contributed by atoms with Crippen LogP contribution in [0.3, 0.4) is 0 Å². The van der Waals surface area contributed by atoms with Gasteiger partial charge in [0.1, 0.15) is 0 Å². The van der Waals surface area contributed by atoms with Crippen molar-refractivity contribution < 1.29 is 0 Å². The molecule has 2 atom stereocenters. The molecule has 0 bridgehead atoms. The van der Waals surface area contributed by atoms with Crippen LogP contribution in [-0.2, 0) is 0 Å². The third-order valence-corrected chi connectivity index (χ3v) is 3.75. The van der Waals surface area contributed by atoms with E-state index in [-0.39, 0.29) is 0 Å². The van der Waals surface area contributed by atoms with Crippen LogP contribution in [0.2, 0.25) is 0 Å². The largest absolute Gasteiger partial charge is 0.0654 e. The van der Waals surface area contributed by atoms with Crippen LogP contribution < -0.4 is 0 Å². The quantitative estimate of drug-likeness (QED) is 0.589. The third-order valence-electron chi connectivity index (χ3n) is 3.75. The van der Waals surface area contributed by atoms with Crippen molar-refractivity contribution in [3.8, 4) is 0 Å². The fraction of sp³-hybridized carbons (Fsp3) is 1.00. The van der Waals surface area contributed by atoms with Gasteiger partial charge in [0.05, 0.1) is 0 Å². The first-order chi connectivity index (χ1) is 6.38. The van der Waals surface area contributed by atoms with Crippen LogP contribution in [0.5, 0.6) is 0 Å². The van der Waals surface area contributed by atoms with E-state index in [9.17, 15) is 0 Å². The molecule has 0 spiro atoms. The van der Waals surface area contributed by atoms with E-state index >= 15 is 0 Å². The van der Waals surface area contributed by atoms with Crippen LogP contribution in [-0.4, -0.2) is 0 Å². The van der Waals surface area contributed by atoms with Crippen molar-refractivity contribution in [1.29, 1.82) is 0 Å². The molecule has 0 saturated heterocycles. The van der Waals surface area contributed by atoms with Gasteiger partial charge in [-0.15, -0.1) is 0 Å². The summed E-state index contributed by atoms with van der Waals surface area (Å²) in [7, 11) is 0. The maximum Gasteiger partial charge on any atom is -0.0386 e. The van der Waals surface area contributed by atoms with E-state index in [0.29, 0.717) is 0 Å². The van der Waals surface area contributed by atoms with Crippen molar-refractivity contribution in [2.45, 2.75) is 71.6 Å². The van der Waals surface area contributed by atoms with Crippen LogP contribution in [0.25, 0.3) is 0 Å². The highest BCUT2D eigenvalue weighted by atomic mass is 14.3. The van der Waals surface area contributed by atoms with E-state index < -0.39 is 0 Å². The molecule has 1 aliphatic rings. The van der Waals surface area contributed by atoms with E-state index in [0.717, 1.165) is 11.8 Å². The first-order valence-electron chi connectivity index (χ1n) is 6.38. The summed E-state index contributed by atoms with van der Waals surface area (Å²) < 4.78 is 0. The number of hydrogen-bond acceptors (Lipinski definition) is 0. The summed E-state index contributed by atoms with van der Waals surface area (Å²) in [6, 6.07) is 0. The summed E-state index contributed by atoms with van der Waals surface area (Å²) in [5.74, 6) is 2.12. The van der Waals surface area contributed by atoms with Gasteiger partial charge in [0.25, 0.3) is 0 Å². The Bertz CT molecular complexity index is 117. The normalized spacial score (nSPS) is 30.9. The molecule has 0 aromatic rings. The average Bonchev–Trinajstić information content (AvgIpc) is 2.10. The van der Waals surface area contributed by atoms with Crippen LogP contribution in [0, 0.1) is 11.8 Å². The molecule has 0 heterocycles. The highest BCUT2D eigenvalue weighted by Gasteiger charge is 2.19. The van der Waals surface area contributed by atoms with E-state index in [4.69, 9.17) is 0 Å². The van der Waals surface area contributed by atoms with Gasteiger partial charge in [0, 0.05) is 0 Å². The SMILES string of the molecule is CCCC1CCCCCCC1CC. The Morgan fingerprint density at radius 2 is 1.46 bits per heavy atom. The molecule has 0 nitrogen and oxygen atoms in total. The van der Waals surface area contributed by atoms with Crippen molar-refractivity contribution in [2.24, 2.45) is 11.8 Å². The zero-order valence-corrected chi connectivity index (χ0v) is 9.52. The summed E-state index contributed by atoms with van der Waals surface area (Å²) in [4.78, 5) is 0. The topological polar surface area (TPSA) is 0 Å². The van der Waals surface area contributed by atoms with Crippen LogP contribution in [0.15, 0.2) is 0 Å². The molecule has 0 amide bonds.